The molecular weight excluding hydrogens is 300 g/mol. The summed E-state index contributed by atoms with van der Waals surface area (Å²) >= 11 is 5.86. The van der Waals surface area contributed by atoms with E-state index in [1.54, 1.807) is 17.0 Å². The van der Waals surface area contributed by atoms with E-state index < -0.39 is 0 Å². The van der Waals surface area contributed by atoms with Crippen LogP contribution in [0.4, 0.5) is 11.4 Å². The summed E-state index contributed by atoms with van der Waals surface area (Å²) in [6, 6.07) is 8.00. The summed E-state index contributed by atoms with van der Waals surface area (Å²) in [6.07, 6.45) is 7.08. The number of imidazole rings is 1. The highest BCUT2D eigenvalue weighted by atomic mass is 35.5. The van der Waals surface area contributed by atoms with Crippen molar-refractivity contribution in [2.24, 2.45) is 0 Å². The normalized spacial score (nSPS) is 14.9. The zero-order chi connectivity index (χ0) is 15.4. The predicted octanol–water partition coefficient (Wildman–Crippen LogP) is 3.17. The minimum atomic E-state index is -0.120. The van der Waals surface area contributed by atoms with E-state index in [0.717, 1.165) is 18.8 Å². The van der Waals surface area contributed by atoms with E-state index in [4.69, 9.17) is 11.6 Å². The third kappa shape index (κ3) is 3.60. The summed E-state index contributed by atoms with van der Waals surface area (Å²) in [5.41, 5.74) is 2.01. The van der Waals surface area contributed by atoms with Crippen molar-refractivity contribution in [2.75, 3.05) is 23.3 Å². The zero-order valence-corrected chi connectivity index (χ0v) is 13.1. The van der Waals surface area contributed by atoms with Crippen molar-refractivity contribution in [3.8, 4) is 0 Å². The van der Waals surface area contributed by atoms with Gasteiger partial charge in [0.15, 0.2) is 0 Å². The molecule has 1 fully saturated rings. The molecule has 1 aromatic carbocycles. The average molecular weight is 319 g/mol. The summed E-state index contributed by atoms with van der Waals surface area (Å²) in [6.45, 7) is 2.39. The van der Waals surface area contributed by atoms with Gasteiger partial charge in [0, 0.05) is 36.9 Å². The van der Waals surface area contributed by atoms with Crippen molar-refractivity contribution in [3.05, 3.63) is 41.9 Å². The van der Waals surface area contributed by atoms with Crippen LogP contribution in [0, 0.1) is 0 Å². The van der Waals surface area contributed by atoms with Gasteiger partial charge in [0.25, 0.3) is 0 Å². The Bertz CT molecular complexity index is 632. The van der Waals surface area contributed by atoms with Crippen LogP contribution in [0.15, 0.2) is 36.7 Å². The van der Waals surface area contributed by atoms with Gasteiger partial charge in [0.1, 0.15) is 6.54 Å². The number of rotatable bonds is 4. The lowest BCUT2D eigenvalue weighted by Crippen LogP contribution is -2.29. The molecular formula is C16H19ClN4O. The molecule has 1 N–H and O–H groups in total. The monoisotopic (exact) mass is 318 g/mol. The number of piperidine rings is 1. The fourth-order valence-corrected chi connectivity index (χ4v) is 2.86. The number of anilines is 2. The summed E-state index contributed by atoms with van der Waals surface area (Å²) in [5, 5.41) is 3.19. The fraction of sp³-hybridized carbons (Fsp3) is 0.375. The van der Waals surface area contributed by atoms with Gasteiger partial charge in [-0.3, -0.25) is 4.79 Å². The van der Waals surface area contributed by atoms with E-state index in [2.05, 4.69) is 27.3 Å². The van der Waals surface area contributed by atoms with Crippen molar-refractivity contribution < 1.29 is 4.79 Å². The molecule has 0 atom stereocenters. The van der Waals surface area contributed by atoms with Crippen LogP contribution < -0.4 is 10.2 Å². The quantitative estimate of drug-likeness (QED) is 0.942. The maximum Gasteiger partial charge on any atom is 0.244 e. The second-order valence-electron chi connectivity index (χ2n) is 5.47. The van der Waals surface area contributed by atoms with Crippen LogP contribution in [0.1, 0.15) is 19.3 Å². The molecule has 3 rings (SSSR count). The number of hydrogen-bond acceptors (Lipinski definition) is 3. The molecule has 0 radical (unpaired) electrons. The van der Waals surface area contributed by atoms with E-state index in [1.807, 2.05) is 12.1 Å². The van der Waals surface area contributed by atoms with Crippen LogP contribution in [0.5, 0.6) is 0 Å². The lowest BCUT2D eigenvalue weighted by atomic mass is 10.1. The number of amides is 1. The average Bonchev–Trinajstić information content (AvgIpc) is 2.94. The van der Waals surface area contributed by atoms with Gasteiger partial charge in [-0.05, 0) is 55.1 Å². The van der Waals surface area contributed by atoms with E-state index >= 15 is 0 Å². The molecule has 1 amide bonds. The highest BCUT2D eigenvalue weighted by Crippen LogP contribution is 2.21. The molecule has 0 aliphatic carbocycles. The van der Waals surface area contributed by atoms with Gasteiger partial charge in [-0.1, -0.05) is 0 Å². The molecule has 22 heavy (non-hydrogen) atoms. The molecule has 5 nitrogen and oxygen atoms in total. The number of nitrogens with one attached hydrogen (secondary N) is 1. The van der Waals surface area contributed by atoms with Gasteiger partial charge in [-0.2, -0.15) is 0 Å². The molecule has 1 saturated heterocycles. The Morgan fingerprint density at radius 2 is 1.91 bits per heavy atom. The Hall–Kier alpha value is -2.01. The largest absolute Gasteiger partial charge is 0.372 e. The van der Waals surface area contributed by atoms with Crippen LogP contribution in [0.25, 0.3) is 0 Å². The summed E-state index contributed by atoms with van der Waals surface area (Å²) < 4.78 is 1.60. The molecule has 0 unspecified atom stereocenters. The number of carbonyl (C=O) groups is 1. The van der Waals surface area contributed by atoms with E-state index in [-0.39, 0.29) is 12.5 Å². The van der Waals surface area contributed by atoms with Crippen LogP contribution in [0.3, 0.4) is 0 Å². The summed E-state index contributed by atoms with van der Waals surface area (Å²) in [7, 11) is 0. The maximum absolute atomic E-state index is 12.0. The number of hydrogen-bond donors (Lipinski definition) is 1. The molecule has 2 heterocycles. The minimum absolute atomic E-state index is 0.120. The van der Waals surface area contributed by atoms with Gasteiger partial charge < -0.3 is 14.8 Å². The highest BCUT2D eigenvalue weighted by Gasteiger charge is 2.11. The number of carbonyl (C=O) groups excluding carboxylic acids is 1. The van der Waals surface area contributed by atoms with Gasteiger partial charge in [-0.15, -0.1) is 0 Å². The smallest absolute Gasteiger partial charge is 0.244 e. The van der Waals surface area contributed by atoms with Crippen LogP contribution in [-0.4, -0.2) is 28.5 Å². The van der Waals surface area contributed by atoms with Gasteiger partial charge in [-0.25, -0.2) is 4.98 Å². The van der Waals surface area contributed by atoms with Crippen molar-refractivity contribution in [1.82, 2.24) is 9.55 Å². The second-order valence-corrected chi connectivity index (χ2v) is 5.80. The zero-order valence-electron chi connectivity index (χ0n) is 12.3. The predicted molar refractivity (Wildman–Crippen MR) is 88.4 cm³/mol. The molecule has 0 bridgehead atoms. The van der Waals surface area contributed by atoms with Crippen molar-refractivity contribution in [3.63, 3.8) is 0 Å². The Balaban J connectivity index is 1.58. The molecule has 116 valence electrons. The molecule has 1 aromatic heterocycles. The molecule has 6 heteroatoms. The van der Waals surface area contributed by atoms with E-state index in [1.165, 1.54) is 24.9 Å². The fourth-order valence-electron chi connectivity index (χ4n) is 2.69. The van der Waals surface area contributed by atoms with Crippen molar-refractivity contribution in [2.45, 2.75) is 25.8 Å². The van der Waals surface area contributed by atoms with E-state index in [0.29, 0.717) is 5.28 Å². The molecule has 2 aromatic rings. The lowest BCUT2D eigenvalue weighted by Gasteiger charge is -2.28. The number of halogens is 1. The number of aromatic nitrogens is 2. The summed E-state index contributed by atoms with van der Waals surface area (Å²) in [4.78, 5) is 18.3. The van der Waals surface area contributed by atoms with Gasteiger partial charge >= 0.3 is 0 Å². The van der Waals surface area contributed by atoms with E-state index in [9.17, 15) is 4.79 Å². The van der Waals surface area contributed by atoms with Crippen molar-refractivity contribution in [1.29, 1.82) is 0 Å². The third-order valence-corrected chi connectivity index (χ3v) is 4.17. The van der Waals surface area contributed by atoms with Crippen LogP contribution in [0.2, 0.25) is 5.28 Å². The van der Waals surface area contributed by atoms with Gasteiger partial charge in [0.2, 0.25) is 11.2 Å². The molecule has 0 saturated carbocycles. The van der Waals surface area contributed by atoms with Crippen molar-refractivity contribution >= 4 is 28.9 Å². The SMILES string of the molecule is O=C(Cn1ccnc1Cl)Nc1ccc(N2CCCCC2)cc1. The minimum Gasteiger partial charge on any atom is -0.372 e. The van der Waals surface area contributed by atoms with Gasteiger partial charge in [0.05, 0.1) is 0 Å². The second kappa shape index (κ2) is 6.83. The highest BCUT2D eigenvalue weighted by molar-refractivity contribution is 6.28. The van der Waals surface area contributed by atoms with Crippen LogP contribution >= 0.6 is 11.6 Å². The topological polar surface area (TPSA) is 50.2 Å². The number of benzene rings is 1. The van der Waals surface area contributed by atoms with Crippen LogP contribution in [-0.2, 0) is 11.3 Å². The first-order valence-corrected chi connectivity index (χ1v) is 7.92. The number of nitrogens with zero attached hydrogens (tertiary/aromatic N) is 3. The Morgan fingerprint density at radius 3 is 2.55 bits per heavy atom. The Morgan fingerprint density at radius 1 is 1.18 bits per heavy atom. The third-order valence-electron chi connectivity index (χ3n) is 3.85. The Labute approximate surface area is 134 Å². The maximum atomic E-state index is 12.0. The molecule has 0 spiro atoms. The summed E-state index contributed by atoms with van der Waals surface area (Å²) in [5.74, 6) is -0.120. The lowest BCUT2D eigenvalue weighted by molar-refractivity contribution is -0.116. The Kier molecular flexibility index (Phi) is 4.63. The first-order chi connectivity index (χ1) is 10.7. The molecule has 1 aliphatic rings. The molecule has 1 aliphatic heterocycles. The standard InChI is InChI=1S/C16H19ClN4O/c17-16-18-8-11-21(16)12-15(22)19-13-4-6-14(7-5-13)20-9-2-1-3-10-20/h4-8,11H,1-3,9-10,12H2,(H,19,22). The first-order valence-electron chi connectivity index (χ1n) is 7.54. The first kappa shape index (κ1) is 14.9.